The summed E-state index contributed by atoms with van der Waals surface area (Å²) < 4.78 is 0. The maximum Gasteiger partial charge on any atom is 0.232 e. The molecule has 4 rings (SSSR count). The van der Waals surface area contributed by atoms with Gasteiger partial charge in [-0.2, -0.15) is 0 Å². The van der Waals surface area contributed by atoms with Gasteiger partial charge in [0, 0.05) is 30.7 Å². The zero-order chi connectivity index (χ0) is 16.7. The van der Waals surface area contributed by atoms with Crippen molar-refractivity contribution in [2.75, 3.05) is 11.4 Å². The lowest BCUT2D eigenvalue weighted by Crippen LogP contribution is -2.42. The van der Waals surface area contributed by atoms with Gasteiger partial charge in [0.25, 0.3) is 0 Å². The topological polar surface area (TPSA) is 40.6 Å². The Morgan fingerprint density at radius 2 is 1.83 bits per heavy atom. The largest absolute Gasteiger partial charge is 0.339 e. The first-order chi connectivity index (χ1) is 11.6. The Bertz CT molecular complexity index is 651. The average Bonchev–Trinajstić information content (AvgIpc) is 3.14. The van der Waals surface area contributed by atoms with Crippen molar-refractivity contribution >= 4 is 17.5 Å². The molecule has 1 aliphatic carbocycles. The molecule has 3 aliphatic rings. The molecule has 2 amide bonds. The number of amides is 2. The number of para-hydroxylation sites is 1. The lowest BCUT2D eigenvalue weighted by molar-refractivity contribution is -0.130. The van der Waals surface area contributed by atoms with E-state index in [2.05, 4.69) is 13.0 Å². The predicted octanol–water partition coefficient (Wildman–Crippen LogP) is 3.15. The number of anilines is 1. The first-order valence-electron chi connectivity index (χ1n) is 9.35. The first kappa shape index (κ1) is 15.7. The fourth-order valence-corrected chi connectivity index (χ4v) is 4.74. The maximum atomic E-state index is 13.1. The van der Waals surface area contributed by atoms with Gasteiger partial charge in [-0.25, -0.2) is 0 Å². The second kappa shape index (κ2) is 6.23. The van der Waals surface area contributed by atoms with Crippen molar-refractivity contribution in [1.29, 1.82) is 0 Å². The number of carbonyl (C=O) groups excluding carboxylic acids is 2. The summed E-state index contributed by atoms with van der Waals surface area (Å²) >= 11 is 0. The van der Waals surface area contributed by atoms with E-state index in [0.717, 1.165) is 24.9 Å². The van der Waals surface area contributed by atoms with Crippen LogP contribution >= 0.6 is 0 Å². The SMILES string of the molecule is CC1Cc2ccccc2N1C(=O)C1CC(=O)N(C2CCCCC2)C1. The summed E-state index contributed by atoms with van der Waals surface area (Å²) in [5.74, 6) is 0.146. The van der Waals surface area contributed by atoms with Gasteiger partial charge in [0.1, 0.15) is 0 Å². The molecule has 0 N–H and O–H groups in total. The third-order valence-corrected chi connectivity index (χ3v) is 5.97. The Balaban J connectivity index is 1.50. The Labute approximate surface area is 143 Å². The van der Waals surface area contributed by atoms with Crippen molar-refractivity contribution in [1.82, 2.24) is 4.90 Å². The first-order valence-corrected chi connectivity index (χ1v) is 9.35. The van der Waals surface area contributed by atoms with Gasteiger partial charge in [0.2, 0.25) is 11.8 Å². The molecule has 1 saturated carbocycles. The summed E-state index contributed by atoms with van der Waals surface area (Å²) in [5, 5.41) is 0. The molecule has 128 valence electrons. The molecular weight excluding hydrogens is 300 g/mol. The second-order valence-corrected chi connectivity index (χ2v) is 7.63. The van der Waals surface area contributed by atoms with E-state index >= 15 is 0 Å². The van der Waals surface area contributed by atoms with Gasteiger partial charge < -0.3 is 9.80 Å². The molecule has 1 aromatic rings. The fraction of sp³-hybridized carbons (Fsp3) is 0.600. The lowest BCUT2D eigenvalue weighted by atomic mass is 9.94. The number of nitrogens with zero attached hydrogens (tertiary/aromatic N) is 2. The van der Waals surface area contributed by atoms with Crippen LogP contribution in [0.2, 0.25) is 0 Å². The van der Waals surface area contributed by atoms with E-state index in [1.165, 1.54) is 24.8 Å². The number of rotatable bonds is 2. The smallest absolute Gasteiger partial charge is 0.232 e. The van der Waals surface area contributed by atoms with E-state index in [9.17, 15) is 9.59 Å². The minimum Gasteiger partial charge on any atom is -0.339 e. The van der Waals surface area contributed by atoms with Crippen molar-refractivity contribution in [3.63, 3.8) is 0 Å². The van der Waals surface area contributed by atoms with Gasteiger partial charge in [0.05, 0.1) is 5.92 Å². The van der Waals surface area contributed by atoms with E-state index in [1.54, 1.807) is 0 Å². The summed E-state index contributed by atoms with van der Waals surface area (Å²) in [6.07, 6.45) is 7.22. The summed E-state index contributed by atoms with van der Waals surface area (Å²) in [7, 11) is 0. The Hall–Kier alpha value is -1.84. The van der Waals surface area contributed by atoms with Gasteiger partial charge in [-0.15, -0.1) is 0 Å². The van der Waals surface area contributed by atoms with Gasteiger partial charge in [-0.1, -0.05) is 37.5 Å². The number of hydrogen-bond donors (Lipinski definition) is 0. The second-order valence-electron chi connectivity index (χ2n) is 7.63. The van der Waals surface area contributed by atoms with Crippen LogP contribution in [-0.2, 0) is 16.0 Å². The summed E-state index contributed by atoms with van der Waals surface area (Å²) in [6, 6.07) is 8.72. The number of likely N-dealkylation sites (tertiary alicyclic amines) is 1. The summed E-state index contributed by atoms with van der Waals surface area (Å²) in [4.78, 5) is 29.6. The van der Waals surface area contributed by atoms with E-state index in [1.807, 2.05) is 28.0 Å². The minimum absolute atomic E-state index is 0.138. The maximum absolute atomic E-state index is 13.1. The van der Waals surface area contributed by atoms with Gasteiger partial charge >= 0.3 is 0 Å². The zero-order valence-electron chi connectivity index (χ0n) is 14.4. The molecule has 4 heteroatoms. The van der Waals surface area contributed by atoms with Crippen LogP contribution in [0.1, 0.15) is 51.0 Å². The van der Waals surface area contributed by atoms with Crippen LogP contribution in [0.25, 0.3) is 0 Å². The molecule has 0 spiro atoms. The Kier molecular flexibility index (Phi) is 4.07. The number of fused-ring (bicyclic) bond motifs is 1. The molecule has 1 saturated heterocycles. The number of hydrogen-bond acceptors (Lipinski definition) is 2. The molecule has 2 atom stereocenters. The van der Waals surface area contributed by atoms with Crippen molar-refractivity contribution < 1.29 is 9.59 Å². The molecule has 0 aromatic heterocycles. The number of carbonyl (C=O) groups is 2. The van der Waals surface area contributed by atoms with Crippen LogP contribution in [-0.4, -0.2) is 35.3 Å². The molecule has 2 fully saturated rings. The van der Waals surface area contributed by atoms with Crippen molar-refractivity contribution in [3.8, 4) is 0 Å². The highest BCUT2D eigenvalue weighted by Gasteiger charge is 2.42. The highest BCUT2D eigenvalue weighted by Crippen LogP contribution is 2.35. The summed E-state index contributed by atoms with van der Waals surface area (Å²) in [6.45, 7) is 2.72. The quantitative estimate of drug-likeness (QED) is 0.838. The monoisotopic (exact) mass is 326 g/mol. The van der Waals surface area contributed by atoms with Crippen molar-refractivity contribution in [3.05, 3.63) is 29.8 Å². The lowest BCUT2D eigenvalue weighted by Gasteiger charge is -2.31. The van der Waals surface area contributed by atoms with E-state index in [0.29, 0.717) is 19.0 Å². The van der Waals surface area contributed by atoms with E-state index in [4.69, 9.17) is 0 Å². The Morgan fingerprint density at radius 1 is 1.08 bits per heavy atom. The molecule has 24 heavy (non-hydrogen) atoms. The number of benzene rings is 1. The van der Waals surface area contributed by atoms with E-state index in [-0.39, 0.29) is 23.8 Å². The molecule has 1 aromatic carbocycles. The van der Waals surface area contributed by atoms with Crippen LogP contribution in [0.15, 0.2) is 24.3 Å². The molecule has 0 bridgehead atoms. The minimum atomic E-state index is -0.173. The van der Waals surface area contributed by atoms with Crippen LogP contribution in [0, 0.1) is 5.92 Å². The standard InChI is InChI=1S/C20H26N2O2/c1-14-11-15-7-5-6-10-18(15)22(14)20(24)16-12-19(23)21(13-16)17-8-3-2-4-9-17/h5-7,10,14,16-17H,2-4,8-9,11-13H2,1H3. The van der Waals surface area contributed by atoms with Crippen LogP contribution in [0.4, 0.5) is 5.69 Å². The average molecular weight is 326 g/mol. The van der Waals surface area contributed by atoms with Crippen molar-refractivity contribution in [2.45, 2.75) is 64.0 Å². The zero-order valence-corrected chi connectivity index (χ0v) is 14.4. The third kappa shape index (κ3) is 2.62. The fourth-order valence-electron chi connectivity index (χ4n) is 4.74. The highest BCUT2D eigenvalue weighted by atomic mass is 16.2. The third-order valence-electron chi connectivity index (χ3n) is 5.97. The molecule has 2 heterocycles. The van der Waals surface area contributed by atoms with Gasteiger partial charge in [-0.05, 0) is 37.8 Å². The summed E-state index contributed by atoms with van der Waals surface area (Å²) in [5.41, 5.74) is 2.28. The molecular formula is C20H26N2O2. The van der Waals surface area contributed by atoms with E-state index < -0.39 is 0 Å². The Morgan fingerprint density at radius 3 is 2.62 bits per heavy atom. The van der Waals surface area contributed by atoms with Crippen LogP contribution in [0.5, 0.6) is 0 Å². The highest BCUT2D eigenvalue weighted by molar-refractivity contribution is 6.01. The molecule has 2 unspecified atom stereocenters. The van der Waals surface area contributed by atoms with Gasteiger partial charge in [0.15, 0.2) is 0 Å². The van der Waals surface area contributed by atoms with Crippen molar-refractivity contribution in [2.24, 2.45) is 5.92 Å². The normalized spacial score (nSPS) is 27.6. The van der Waals surface area contributed by atoms with Gasteiger partial charge in [-0.3, -0.25) is 9.59 Å². The van der Waals surface area contributed by atoms with Crippen LogP contribution in [0.3, 0.4) is 0 Å². The predicted molar refractivity (Wildman–Crippen MR) is 93.8 cm³/mol. The molecule has 0 radical (unpaired) electrons. The molecule has 2 aliphatic heterocycles. The molecule has 4 nitrogen and oxygen atoms in total. The van der Waals surface area contributed by atoms with Crippen LogP contribution < -0.4 is 4.90 Å².